The zero-order valence-corrected chi connectivity index (χ0v) is 21.9. The van der Waals surface area contributed by atoms with Crippen LogP contribution >= 0.6 is 0 Å². The van der Waals surface area contributed by atoms with Gasteiger partial charge in [-0.05, 0) is 98.9 Å². The maximum atomic E-state index is 13.4. The van der Waals surface area contributed by atoms with Crippen LogP contribution in [-0.4, -0.2) is 50.1 Å². The SMILES string of the molecule is CC(C)(C)OC(=O)N[C@H](Cc1ccc(O)cc1COn1nnc2ccccc21)C(=O)OC(C1CC1)C1CC1. The second-order valence-electron chi connectivity index (χ2n) is 11.2. The Morgan fingerprint density at radius 3 is 2.47 bits per heavy atom. The zero-order valence-electron chi connectivity index (χ0n) is 21.9. The van der Waals surface area contributed by atoms with Crippen molar-refractivity contribution in [2.45, 2.75) is 77.2 Å². The summed E-state index contributed by atoms with van der Waals surface area (Å²) in [6.07, 6.45) is 3.60. The molecule has 1 heterocycles. The normalized spacial score (nSPS) is 16.3. The molecule has 1 aromatic heterocycles. The van der Waals surface area contributed by atoms with Gasteiger partial charge in [0.1, 0.15) is 41.1 Å². The topological polar surface area (TPSA) is 125 Å². The number of carbonyl (C=O) groups excluding carboxylic acids is 2. The Morgan fingerprint density at radius 2 is 1.79 bits per heavy atom. The van der Waals surface area contributed by atoms with Crippen molar-refractivity contribution in [2.75, 3.05) is 0 Å². The number of phenolic OH excluding ortho intramolecular Hbond substituents is 1. The number of hydrogen-bond acceptors (Lipinski definition) is 8. The molecule has 0 aliphatic heterocycles. The number of alkyl carbamates (subject to hydrolysis) is 1. The number of esters is 1. The van der Waals surface area contributed by atoms with Gasteiger partial charge in [-0.3, -0.25) is 0 Å². The number of rotatable bonds is 10. The summed E-state index contributed by atoms with van der Waals surface area (Å²) < 4.78 is 11.4. The summed E-state index contributed by atoms with van der Waals surface area (Å²) in [5.74, 6) is 0.381. The van der Waals surface area contributed by atoms with E-state index in [4.69, 9.17) is 14.3 Å². The molecular formula is C28H34N4O6. The predicted octanol–water partition coefficient (Wildman–Crippen LogP) is 3.93. The summed E-state index contributed by atoms with van der Waals surface area (Å²) >= 11 is 0. The van der Waals surface area contributed by atoms with Crippen LogP contribution in [0.2, 0.25) is 0 Å². The number of carbonyl (C=O) groups is 2. The van der Waals surface area contributed by atoms with Gasteiger partial charge in [-0.15, -0.1) is 5.10 Å². The first kappa shape index (κ1) is 25.8. The highest BCUT2D eigenvalue weighted by Crippen LogP contribution is 2.46. The molecular weight excluding hydrogens is 488 g/mol. The van der Waals surface area contributed by atoms with Gasteiger partial charge < -0.3 is 24.7 Å². The number of fused-ring (bicyclic) bond motifs is 1. The summed E-state index contributed by atoms with van der Waals surface area (Å²) in [4.78, 5) is 33.3. The largest absolute Gasteiger partial charge is 0.508 e. The highest BCUT2D eigenvalue weighted by molar-refractivity contribution is 5.82. The van der Waals surface area contributed by atoms with E-state index in [1.54, 1.807) is 32.9 Å². The van der Waals surface area contributed by atoms with Crippen LogP contribution in [0.3, 0.4) is 0 Å². The molecule has 2 fully saturated rings. The van der Waals surface area contributed by atoms with Crippen LogP contribution in [0.5, 0.6) is 5.75 Å². The Balaban J connectivity index is 1.34. The van der Waals surface area contributed by atoms with Gasteiger partial charge in [-0.2, -0.15) is 0 Å². The Labute approximate surface area is 221 Å². The quantitative estimate of drug-likeness (QED) is 0.384. The Hall–Kier alpha value is -3.82. The number of ether oxygens (including phenoxy) is 2. The number of para-hydroxylation sites is 1. The Morgan fingerprint density at radius 1 is 1.08 bits per heavy atom. The number of benzene rings is 2. The summed E-state index contributed by atoms with van der Waals surface area (Å²) in [5.41, 5.74) is 2.01. The lowest BCUT2D eigenvalue weighted by molar-refractivity contribution is -0.154. The molecule has 3 aromatic rings. The van der Waals surface area contributed by atoms with Gasteiger partial charge in [0.2, 0.25) is 0 Å². The van der Waals surface area contributed by atoms with Crippen molar-refractivity contribution < 1.29 is 29.0 Å². The van der Waals surface area contributed by atoms with Crippen LogP contribution in [-0.2, 0) is 27.3 Å². The van der Waals surface area contributed by atoms with E-state index in [0.717, 1.165) is 25.7 Å². The minimum absolute atomic E-state index is 0.0533. The maximum Gasteiger partial charge on any atom is 0.408 e. The van der Waals surface area contributed by atoms with Crippen LogP contribution in [0.4, 0.5) is 4.79 Å². The predicted molar refractivity (Wildman–Crippen MR) is 138 cm³/mol. The lowest BCUT2D eigenvalue weighted by Crippen LogP contribution is -2.46. The van der Waals surface area contributed by atoms with Crippen LogP contribution in [0.1, 0.15) is 57.6 Å². The fourth-order valence-corrected chi connectivity index (χ4v) is 4.53. The average Bonchev–Trinajstić information content (AvgIpc) is 3.79. The van der Waals surface area contributed by atoms with Crippen molar-refractivity contribution in [2.24, 2.45) is 11.8 Å². The Bertz CT molecular complexity index is 1300. The fraction of sp³-hybridized carbons (Fsp3) is 0.500. The van der Waals surface area contributed by atoms with Crippen LogP contribution in [0.25, 0.3) is 11.0 Å². The molecule has 38 heavy (non-hydrogen) atoms. The molecule has 2 aliphatic carbocycles. The van der Waals surface area contributed by atoms with Crippen molar-refractivity contribution in [3.05, 3.63) is 53.6 Å². The molecule has 2 N–H and O–H groups in total. The number of nitrogens with one attached hydrogen (secondary N) is 1. The molecule has 2 aromatic carbocycles. The van der Waals surface area contributed by atoms with E-state index in [1.807, 2.05) is 24.3 Å². The number of phenols is 1. The highest BCUT2D eigenvalue weighted by atomic mass is 16.7. The summed E-state index contributed by atoms with van der Waals surface area (Å²) in [7, 11) is 0. The third kappa shape index (κ3) is 6.54. The van der Waals surface area contributed by atoms with Gasteiger partial charge in [0.15, 0.2) is 0 Å². The zero-order chi connectivity index (χ0) is 26.9. The molecule has 2 aliphatic rings. The molecule has 1 atom stereocenters. The fourth-order valence-electron chi connectivity index (χ4n) is 4.53. The van der Waals surface area contributed by atoms with Gasteiger partial charge in [0.05, 0.1) is 0 Å². The third-order valence-corrected chi connectivity index (χ3v) is 6.68. The molecule has 0 saturated heterocycles. The van der Waals surface area contributed by atoms with Crippen LogP contribution in [0.15, 0.2) is 42.5 Å². The number of aromatic nitrogens is 3. The molecule has 0 spiro atoms. The summed E-state index contributed by atoms with van der Waals surface area (Å²) in [6, 6.07) is 11.2. The second-order valence-corrected chi connectivity index (χ2v) is 11.2. The number of hydrogen-bond donors (Lipinski definition) is 2. The van der Waals surface area contributed by atoms with E-state index in [1.165, 1.54) is 10.9 Å². The van der Waals surface area contributed by atoms with E-state index >= 15 is 0 Å². The maximum absolute atomic E-state index is 13.4. The first-order valence-electron chi connectivity index (χ1n) is 13.1. The molecule has 1 amide bonds. The van der Waals surface area contributed by atoms with Gasteiger partial charge >= 0.3 is 12.1 Å². The smallest absolute Gasteiger partial charge is 0.408 e. The van der Waals surface area contributed by atoms with Gasteiger partial charge in [0.25, 0.3) is 0 Å². The molecule has 202 valence electrons. The molecule has 10 nitrogen and oxygen atoms in total. The molecule has 0 radical (unpaired) electrons. The standard InChI is InChI=1S/C28H34N4O6/c1-28(2,3)38-27(35)29-23(26(34)37-25(17-8-9-17)18-10-11-18)15-19-12-13-21(33)14-20(19)16-36-32-24-7-5-4-6-22(24)30-31-32/h4-7,12-14,17-18,23,25,33H,8-11,15-16H2,1-3H3,(H,29,35)/t23-/m1/s1. The minimum Gasteiger partial charge on any atom is -0.508 e. The minimum atomic E-state index is -0.972. The lowest BCUT2D eigenvalue weighted by atomic mass is 10.00. The van der Waals surface area contributed by atoms with Crippen molar-refractivity contribution in [3.63, 3.8) is 0 Å². The van der Waals surface area contributed by atoms with Gasteiger partial charge in [0, 0.05) is 6.42 Å². The molecule has 0 unspecified atom stereocenters. The third-order valence-electron chi connectivity index (χ3n) is 6.68. The second kappa shape index (κ2) is 10.5. The van der Waals surface area contributed by atoms with E-state index in [9.17, 15) is 14.7 Å². The number of amides is 1. The van der Waals surface area contributed by atoms with E-state index in [2.05, 4.69) is 15.6 Å². The monoisotopic (exact) mass is 522 g/mol. The van der Waals surface area contributed by atoms with Crippen molar-refractivity contribution in [1.29, 1.82) is 0 Å². The Kier molecular flexibility index (Phi) is 7.14. The van der Waals surface area contributed by atoms with E-state index in [-0.39, 0.29) is 24.9 Å². The van der Waals surface area contributed by atoms with Crippen molar-refractivity contribution in [3.8, 4) is 5.75 Å². The lowest BCUT2D eigenvalue weighted by Gasteiger charge is -2.25. The average molecular weight is 523 g/mol. The van der Waals surface area contributed by atoms with Crippen molar-refractivity contribution in [1.82, 2.24) is 20.5 Å². The van der Waals surface area contributed by atoms with Crippen molar-refractivity contribution >= 4 is 23.1 Å². The van der Waals surface area contributed by atoms with Crippen LogP contribution < -0.4 is 10.2 Å². The van der Waals surface area contributed by atoms with Crippen LogP contribution in [0, 0.1) is 11.8 Å². The van der Waals surface area contributed by atoms with Gasteiger partial charge in [-0.1, -0.05) is 23.0 Å². The van der Waals surface area contributed by atoms with E-state index in [0.29, 0.717) is 34.0 Å². The summed E-state index contributed by atoms with van der Waals surface area (Å²) in [5, 5.41) is 21.0. The highest BCUT2D eigenvalue weighted by Gasteiger charge is 2.45. The van der Waals surface area contributed by atoms with E-state index < -0.39 is 23.7 Å². The number of nitrogens with zero attached hydrogens (tertiary/aromatic N) is 3. The molecule has 10 heteroatoms. The first-order valence-corrected chi connectivity index (χ1v) is 13.1. The number of aromatic hydroxyl groups is 1. The molecule has 0 bridgehead atoms. The summed E-state index contributed by atoms with van der Waals surface area (Å²) in [6.45, 7) is 5.34. The molecule has 5 rings (SSSR count). The molecule has 2 saturated carbocycles. The van der Waals surface area contributed by atoms with Gasteiger partial charge in [-0.25, -0.2) is 9.59 Å². The first-order chi connectivity index (χ1) is 18.2.